The molecule has 65 heavy (non-hydrogen) atoms. The van der Waals surface area contributed by atoms with Crippen molar-refractivity contribution in [3.8, 4) is 0 Å². The van der Waals surface area contributed by atoms with Crippen LogP contribution in [0.25, 0.3) is 11.1 Å². The fourth-order valence-electron chi connectivity index (χ4n) is 8.83. The van der Waals surface area contributed by atoms with E-state index >= 15 is 0 Å². The Balaban J connectivity index is 0.000000277. The smallest absolute Gasteiger partial charge is 0.161 e. The Hall–Kier alpha value is -6.52. The van der Waals surface area contributed by atoms with Gasteiger partial charge in [-0.05, 0) is 118 Å². The van der Waals surface area contributed by atoms with Crippen LogP contribution in [0.3, 0.4) is 0 Å². The summed E-state index contributed by atoms with van der Waals surface area (Å²) in [6, 6.07) is 19.3. The second-order valence-corrected chi connectivity index (χ2v) is 16.2. The summed E-state index contributed by atoms with van der Waals surface area (Å²) in [5.41, 5.74) is 14.6. The van der Waals surface area contributed by atoms with E-state index in [1.807, 2.05) is 26.0 Å². The van der Waals surface area contributed by atoms with Crippen molar-refractivity contribution in [1.29, 1.82) is 0 Å². The van der Waals surface area contributed by atoms with Gasteiger partial charge in [0.15, 0.2) is 5.82 Å². The third kappa shape index (κ3) is 12.6. The molecular formula is C61H72N4. The third-order valence-electron chi connectivity index (χ3n) is 11.9. The van der Waals surface area contributed by atoms with Gasteiger partial charge >= 0.3 is 0 Å². The quantitative estimate of drug-likeness (QED) is 0.160. The van der Waals surface area contributed by atoms with Gasteiger partial charge in [0.2, 0.25) is 0 Å². The van der Waals surface area contributed by atoms with Crippen molar-refractivity contribution in [3.63, 3.8) is 0 Å². The maximum atomic E-state index is 5.20. The van der Waals surface area contributed by atoms with Crippen molar-refractivity contribution in [2.24, 2.45) is 11.8 Å². The van der Waals surface area contributed by atoms with E-state index in [2.05, 4.69) is 222 Å². The number of hydrogen-bond donors (Lipinski definition) is 0. The van der Waals surface area contributed by atoms with E-state index in [0.717, 1.165) is 67.1 Å². The molecule has 0 saturated carbocycles. The van der Waals surface area contributed by atoms with E-state index in [-0.39, 0.29) is 0 Å². The molecule has 0 N–H and O–H groups in total. The van der Waals surface area contributed by atoms with Gasteiger partial charge in [-0.15, -0.1) is 0 Å². The SMILES string of the molecule is C=C/C(=C\C=C/CC)c1cc(N2CC(C3CCC=C/C3=C/CC)C(/C=C\C=C/C)=C2C)nc(C2=CCC=CC=C2)n1.C=CC1=C(/C=C\C)N(c2ccccc2)c2ccc(C)cc2C1.CC. The number of aryl methyl sites for hydroxylation is 1. The Morgan fingerprint density at radius 3 is 2.38 bits per heavy atom. The normalized spacial score (nSPS) is 19.2. The first-order valence-electron chi connectivity index (χ1n) is 23.8. The zero-order valence-corrected chi connectivity index (χ0v) is 40.5. The van der Waals surface area contributed by atoms with Crippen LogP contribution in [0.2, 0.25) is 0 Å². The number of para-hydroxylation sites is 1. The molecule has 0 spiro atoms. The number of benzene rings is 2. The van der Waals surface area contributed by atoms with E-state index in [1.54, 1.807) is 0 Å². The highest BCUT2D eigenvalue weighted by Crippen LogP contribution is 2.44. The Bertz CT molecular complexity index is 2490. The first-order chi connectivity index (χ1) is 31.8. The molecule has 3 heterocycles. The largest absolute Gasteiger partial charge is 0.329 e. The number of rotatable bonds is 13. The fraction of sp³-hybridized carbons (Fsp3) is 0.279. The zero-order chi connectivity index (χ0) is 46.6. The van der Waals surface area contributed by atoms with Crippen molar-refractivity contribution in [2.45, 2.75) is 93.9 Å². The van der Waals surface area contributed by atoms with E-state index < -0.39 is 0 Å². The lowest BCUT2D eigenvalue weighted by molar-refractivity contribution is 0.431. The van der Waals surface area contributed by atoms with Gasteiger partial charge in [0.1, 0.15) is 5.82 Å². The summed E-state index contributed by atoms with van der Waals surface area (Å²) < 4.78 is 0. The predicted molar refractivity (Wildman–Crippen MR) is 285 cm³/mol. The minimum atomic E-state index is 0.393. The molecule has 0 radical (unpaired) electrons. The molecule has 0 fully saturated rings. The summed E-state index contributed by atoms with van der Waals surface area (Å²) in [6.07, 6.45) is 47.0. The van der Waals surface area contributed by atoms with Crippen molar-refractivity contribution >= 4 is 28.3 Å². The molecule has 3 aromatic rings. The maximum absolute atomic E-state index is 5.20. The van der Waals surface area contributed by atoms with E-state index in [4.69, 9.17) is 9.97 Å². The third-order valence-corrected chi connectivity index (χ3v) is 11.9. The van der Waals surface area contributed by atoms with Crippen LogP contribution in [0, 0.1) is 18.8 Å². The van der Waals surface area contributed by atoms with E-state index in [0.29, 0.717) is 11.8 Å². The van der Waals surface area contributed by atoms with Crippen LogP contribution in [0.1, 0.15) is 103 Å². The molecular weight excluding hydrogens is 789 g/mol. The van der Waals surface area contributed by atoms with E-state index in [9.17, 15) is 0 Å². The highest BCUT2D eigenvalue weighted by molar-refractivity contribution is 5.79. The molecule has 0 amide bonds. The lowest BCUT2D eigenvalue weighted by Crippen LogP contribution is -2.27. The number of nitrogens with zero attached hydrogens (tertiary/aromatic N) is 4. The van der Waals surface area contributed by atoms with Crippen LogP contribution < -0.4 is 9.80 Å². The minimum Gasteiger partial charge on any atom is -0.329 e. The van der Waals surface area contributed by atoms with Gasteiger partial charge in [-0.3, -0.25) is 0 Å². The number of hydrogen-bond acceptors (Lipinski definition) is 4. The molecule has 4 aliphatic rings. The molecule has 0 bridgehead atoms. The van der Waals surface area contributed by atoms with Crippen LogP contribution in [0.15, 0.2) is 211 Å². The molecule has 336 valence electrons. The Morgan fingerprint density at radius 2 is 1.66 bits per heavy atom. The lowest BCUT2D eigenvalue weighted by atomic mass is 9.76. The summed E-state index contributed by atoms with van der Waals surface area (Å²) >= 11 is 0. The molecule has 7 rings (SSSR count). The summed E-state index contributed by atoms with van der Waals surface area (Å²) in [5.74, 6) is 2.57. The zero-order valence-electron chi connectivity index (χ0n) is 40.5. The first-order valence-corrected chi connectivity index (χ1v) is 23.8. The monoisotopic (exact) mass is 861 g/mol. The molecule has 2 atom stereocenters. The molecule has 0 saturated heterocycles. The molecule has 2 aliphatic heterocycles. The minimum absolute atomic E-state index is 0.393. The second-order valence-electron chi connectivity index (χ2n) is 16.2. The number of anilines is 3. The van der Waals surface area contributed by atoms with Gasteiger partial charge < -0.3 is 9.80 Å². The molecule has 4 nitrogen and oxygen atoms in total. The van der Waals surface area contributed by atoms with Crippen LogP contribution in [0.4, 0.5) is 17.2 Å². The van der Waals surface area contributed by atoms with Gasteiger partial charge in [0, 0.05) is 53.3 Å². The summed E-state index contributed by atoms with van der Waals surface area (Å²) in [4.78, 5) is 15.0. The Kier molecular flexibility index (Phi) is 19.6. The average molecular weight is 861 g/mol. The van der Waals surface area contributed by atoms with Gasteiger partial charge in [-0.2, -0.15) is 0 Å². The van der Waals surface area contributed by atoms with Crippen LogP contribution in [-0.2, 0) is 6.42 Å². The van der Waals surface area contributed by atoms with Crippen molar-refractivity contribution in [3.05, 3.63) is 234 Å². The van der Waals surface area contributed by atoms with Gasteiger partial charge in [-0.25, -0.2) is 9.97 Å². The standard InChI is InChI=1S/C38H45N3.C21H21N.C2H6/c1-6-10-14-21-30(9-4)36-27-37(40-38(39-36)32-23-16-12-13-17-24-32)41-28-35(33(29(41)5)25-15-11-7-2)34-26-19-18-22-31(34)20-8-3;1-4-9-20-17(5-2)15-18-14-16(3)12-13-21(18)22(20)19-10-7-6-8-11-19;1-2/h7,9-16,18,20-25,27,34-35H,4,6,8,17,19,26,28H2,1-3,5H3;4-14H,2,15H2,1,3H3;1-2H3/b11-7-,14-10-,25-15-,30-21+,31-20-;9-4-;. The molecule has 4 heteroatoms. The topological polar surface area (TPSA) is 32.3 Å². The average Bonchev–Trinajstić information content (AvgIpc) is 3.46. The van der Waals surface area contributed by atoms with Crippen LogP contribution in [0.5, 0.6) is 0 Å². The van der Waals surface area contributed by atoms with Crippen LogP contribution in [-0.4, -0.2) is 16.5 Å². The molecule has 2 unspecified atom stereocenters. The predicted octanol–water partition coefficient (Wildman–Crippen LogP) is 16.8. The summed E-state index contributed by atoms with van der Waals surface area (Å²) in [5, 5.41) is 0. The second kappa shape index (κ2) is 25.7. The first kappa shape index (κ1) is 49.5. The van der Waals surface area contributed by atoms with Crippen LogP contribution >= 0.6 is 0 Å². The highest BCUT2D eigenvalue weighted by atomic mass is 15.2. The van der Waals surface area contributed by atoms with Crippen molar-refractivity contribution < 1.29 is 0 Å². The number of aromatic nitrogens is 2. The summed E-state index contributed by atoms with van der Waals surface area (Å²) in [6.45, 7) is 25.9. The molecule has 2 aliphatic carbocycles. The molecule has 1 aromatic heterocycles. The van der Waals surface area contributed by atoms with Crippen molar-refractivity contribution in [2.75, 3.05) is 16.3 Å². The maximum Gasteiger partial charge on any atom is 0.161 e. The molecule has 2 aromatic carbocycles. The Morgan fingerprint density at radius 1 is 0.846 bits per heavy atom. The van der Waals surface area contributed by atoms with Crippen molar-refractivity contribution in [1.82, 2.24) is 9.97 Å². The Labute approximate surface area is 392 Å². The van der Waals surface area contributed by atoms with Gasteiger partial charge in [0.25, 0.3) is 0 Å². The van der Waals surface area contributed by atoms with Gasteiger partial charge in [-0.1, -0.05) is 186 Å². The summed E-state index contributed by atoms with van der Waals surface area (Å²) in [7, 11) is 0. The lowest BCUT2D eigenvalue weighted by Gasteiger charge is -2.34. The number of fused-ring (bicyclic) bond motifs is 1. The fourth-order valence-corrected chi connectivity index (χ4v) is 8.83. The number of allylic oxidation sites excluding steroid dienone is 24. The van der Waals surface area contributed by atoms with Gasteiger partial charge in [0.05, 0.1) is 5.69 Å². The van der Waals surface area contributed by atoms with E-state index in [1.165, 1.54) is 57.0 Å². The highest BCUT2D eigenvalue weighted by Gasteiger charge is 2.36.